The molecular weight excluding hydrogens is 226 g/mol. The van der Waals surface area contributed by atoms with Gasteiger partial charge >= 0.3 is 0 Å². The lowest BCUT2D eigenvalue weighted by Gasteiger charge is -2.20. The molecule has 2 rings (SSSR count). The summed E-state index contributed by atoms with van der Waals surface area (Å²) in [6, 6.07) is 9.88. The van der Waals surface area contributed by atoms with Crippen LogP contribution in [0.15, 0.2) is 35.3 Å². The van der Waals surface area contributed by atoms with E-state index in [1.807, 2.05) is 37.4 Å². The Labute approximate surface area is 109 Å². The van der Waals surface area contributed by atoms with Crippen LogP contribution in [0.5, 0.6) is 5.75 Å². The van der Waals surface area contributed by atoms with Crippen molar-refractivity contribution in [3.8, 4) is 5.75 Å². The van der Waals surface area contributed by atoms with Crippen LogP contribution in [0, 0.1) is 0 Å². The fourth-order valence-electron chi connectivity index (χ4n) is 2.11. The summed E-state index contributed by atoms with van der Waals surface area (Å²) in [6.07, 6.45) is 2.53. The SMILES string of the molecule is CN=C(NCCOc1ccccc1)N1CCCC1. The van der Waals surface area contributed by atoms with Crippen molar-refractivity contribution < 1.29 is 4.74 Å². The average molecular weight is 247 g/mol. The zero-order valence-electron chi connectivity index (χ0n) is 10.9. The standard InChI is InChI=1S/C14H21N3O/c1-15-14(17-10-5-6-11-17)16-9-12-18-13-7-3-2-4-8-13/h2-4,7-8H,5-6,9-12H2,1H3,(H,15,16). The van der Waals surface area contributed by atoms with Gasteiger partial charge in [-0.1, -0.05) is 18.2 Å². The summed E-state index contributed by atoms with van der Waals surface area (Å²) in [6.45, 7) is 3.65. The molecule has 4 heteroatoms. The Bertz CT molecular complexity index is 372. The van der Waals surface area contributed by atoms with Gasteiger partial charge in [0, 0.05) is 20.1 Å². The first-order chi connectivity index (χ1) is 8.90. The van der Waals surface area contributed by atoms with Crippen LogP contribution >= 0.6 is 0 Å². The van der Waals surface area contributed by atoms with E-state index in [1.165, 1.54) is 12.8 Å². The molecule has 1 aliphatic heterocycles. The molecule has 0 amide bonds. The molecule has 0 radical (unpaired) electrons. The second-order valence-electron chi connectivity index (χ2n) is 4.33. The van der Waals surface area contributed by atoms with Crippen LogP contribution in [0.2, 0.25) is 0 Å². The van der Waals surface area contributed by atoms with Gasteiger partial charge in [-0.25, -0.2) is 0 Å². The number of rotatable bonds is 4. The van der Waals surface area contributed by atoms with Gasteiger partial charge in [-0.3, -0.25) is 4.99 Å². The van der Waals surface area contributed by atoms with Crippen LogP contribution in [-0.2, 0) is 0 Å². The monoisotopic (exact) mass is 247 g/mol. The Hall–Kier alpha value is -1.71. The largest absolute Gasteiger partial charge is 0.492 e. The number of likely N-dealkylation sites (tertiary alicyclic amines) is 1. The number of nitrogens with zero attached hydrogens (tertiary/aromatic N) is 2. The minimum absolute atomic E-state index is 0.650. The fourth-order valence-corrected chi connectivity index (χ4v) is 2.11. The van der Waals surface area contributed by atoms with E-state index in [4.69, 9.17) is 4.74 Å². The third-order valence-corrected chi connectivity index (χ3v) is 3.01. The van der Waals surface area contributed by atoms with Gasteiger partial charge < -0.3 is 15.0 Å². The summed E-state index contributed by atoms with van der Waals surface area (Å²) in [5.41, 5.74) is 0. The van der Waals surface area contributed by atoms with Gasteiger partial charge in [-0.15, -0.1) is 0 Å². The van der Waals surface area contributed by atoms with E-state index in [2.05, 4.69) is 15.2 Å². The smallest absolute Gasteiger partial charge is 0.193 e. The van der Waals surface area contributed by atoms with Crippen molar-refractivity contribution >= 4 is 5.96 Å². The maximum atomic E-state index is 5.63. The van der Waals surface area contributed by atoms with Gasteiger partial charge in [0.25, 0.3) is 0 Å². The maximum Gasteiger partial charge on any atom is 0.193 e. The maximum absolute atomic E-state index is 5.63. The molecule has 4 nitrogen and oxygen atoms in total. The van der Waals surface area contributed by atoms with E-state index in [1.54, 1.807) is 0 Å². The van der Waals surface area contributed by atoms with E-state index in [0.717, 1.165) is 31.3 Å². The van der Waals surface area contributed by atoms with Gasteiger partial charge in [0.15, 0.2) is 5.96 Å². The lowest BCUT2D eigenvalue weighted by molar-refractivity contribution is 0.319. The van der Waals surface area contributed by atoms with Crippen LogP contribution in [0.3, 0.4) is 0 Å². The Kier molecular flexibility index (Phi) is 4.88. The zero-order chi connectivity index (χ0) is 12.6. The Morgan fingerprint density at radius 2 is 2.00 bits per heavy atom. The number of aliphatic imine (C=N–C) groups is 1. The molecule has 0 unspecified atom stereocenters. The molecule has 1 fully saturated rings. The minimum atomic E-state index is 0.650. The lowest BCUT2D eigenvalue weighted by Crippen LogP contribution is -2.41. The fraction of sp³-hybridized carbons (Fsp3) is 0.500. The summed E-state index contributed by atoms with van der Waals surface area (Å²) in [4.78, 5) is 6.58. The average Bonchev–Trinajstić information content (AvgIpc) is 2.94. The first-order valence-corrected chi connectivity index (χ1v) is 6.53. The van der Waals surface area contributed by atoms with Crippen molar-refractivity contribution in [2.45, 2.75) is 12.8 Å². The molecule has 0 aromatic heterocycles. The van der Waals surface area contributed by atoms with Crippen molar-refractivity contribution in [1.29, 1.82) is 0 Å². The van der Waals surface area contributed by atoms with Crippen molar-refractivity contribution in [3.63, 3.8) is 0 Å². The van der Waals surface area contributed by atoms with Crippen molar-refractivity contribution in [3.05, 3.63) is 30.3 Å². The van der Waals surface area contributed by atoms with E-state index >= 15 is 0 Å². The predicted octanol–water partition coefficient (Wildman–Crippen LogP) is 1.74. The normalized spacial score (nSPS) is 15.8. The first-order valence-electron chi connectivity index (χ1n) is 6.53. The topological polar surface area (TPSA) is 36.9 Å². The van der Waals surface area contributed by atoms with Crippen molar-refractivity contribution in [1.82, 2.24) is 10.2 Å². The van der Waals surface area contributed by atoms with Gasteiger partial charge in [-0.05, 0) is 25.0 Å². The summed E-state index contributed by atoms with van der Waals surface area (Å²) in [5, 5.41) is 3.33. The Balaban J connectivity index is 1.68. The van der Waals surface area contributed by atoms with Crippen molar-refractivity contribution in [2.24, 2.45) is 4.99 Å². The number of nitrogens with one attached hydrogen (secondary N) is 1. The van der Waals surface area contributed by atoms with Crippen molar-refractivity contribution in [2.75, 3.05) is 33.3 Å². The zero-order valence-corrected chi connectivity index (χ0v) is 10.9. The number of hydrogen-bond donors (Lipinski definition) is 1. The molecule has 1 N–H and O–H groups in total. The number of benzene rings is 1. The minimum Gasteiger partial charge on any atom is -0.492 e. The number of guanidine groups is 1. The number of hydrogen-bond acceptors (Lipinski definition) is 2. The highest BCUT2D eigenvalue weighted by Gasteiger charge is 2.14. The molecular formula is C14H21N3O. The van der Waals surface area contributed by atoms with Crippen LogP contribution in [0.1, 0.15) is 12.8 Å². The second kappa shape index (κ2) is 6.89. The number of ether oxygens (including phenoxy) is 1. The Morgan fingerprint density at radius 3 is 2.67 bits per heavy atom. The van der Waals surface area contributed by atoms with E-state index in [0.29, 0.717) is 6.61 Å². The third kappa shape index (κ3) is 3.65. The first kappa shape index (κ1) is 12.7. The quantitative estimate of drug-likeness (QED) is 0.500. The Morgan fingerprint density at radius 1 is 1.28 bits per heavy atom. The van der Waals surface area contributed by atoms with Crippen LogP contribution in [-0.4, -0.2) is 44.1 Å². The highest BCUT2D eigenvalue weighted by atomic mass is 16.5. The van der Waals surface area contributed by atoms with Gasteiger partial charge in [0.2, 0.25) is 0 Å². The summed E-state index contributed by atoms with van der Waals surface area (Å²) >= 11 is 0. The molecule has 0 saturated carbocycles. The molecule has 1 heterocycles. The molecule has 18 heavy (non-hydrogen) atoms. The van der Waals surface area contributed by atoms with E-state index in [-0.39, 0.29) is 0 Å². The molecule has 0 aliphatic carbocycles. The highest BCUT2D eigenvalue weighted by Crippen LogP contribution is 2.08. The van der Waals surface area contributed by atoms with Gasteiger partial charge in [0.1, 0.15) is 12.4 Å². The highest BCUT2D eigenvalue weighted by molar-refractivity contribution is 5.80. The summed E-state index contributed by atoms with van der Waals surface area (Å²) in [5.74, 6) is 1.90. The second-order valence-corrected chi connectivity index (χ2v) is 4.33. The lowest BCUT2D eigenvalue weighted by atomic mass is 10.3. The van der Waals surface area contributed by atoms with Crippen LogP contribution < -0.4 is 10.1 Å². The summed E-state index contributed by atoms with van der Waals surface area (Å²) in [7, 11) is 1.83. The van der Waals surface area contributed by atoms with Crippen LogP contribution in [0.4, 0.5) is 0 Å². The third-order valence-electron chi connectivity index (χ3n) is 3.01. The van der Waals surface area contributed by atoms with Gasteiger partial charge in [-0.2, -0.15) is 0 Å². The molecule has 0 bridgehead atoms. The molecule has 1 saturated heterocycles. The number of para-hydroxylation sites is 1. The summed E-state index contributed by atoms with van der Waals surface area (Å²) < 4.78 is 5.63. The van der Waals surface area contributed by atoms with E-state index in [9.17, 15) is 0 Å². The predicted molar refractivity (Wildman–Crippen MR) is 74.1 cm³/mol. The molecule has 98 valence electrons. The molecule has 0 spiro atoms. The molecule has 1 aromatic carbocycles. The molecule has 1 aliphatic rings. The van der Waals surface area contributed by atoms with E-state index < -0.39 is 0 Å². The van der Waals surface area contributed by atoms with Gasteiger partial charge in [0.05, 0.1) is 6.54 Å². The molecule has 1 aromatic rings. The molecule has 0 atom stereocenters. The van der Waals surface area contributed by atoms with Crippen LogP contribution in [0.25, 0.3) is 0 Å².